The molecule has 0 bridgehead atoms. The monoisotopic (exact) mass is 434 g/mol. The third kappa shape index (κ3) is 4.09. The van der Waals surface area contributed by atoms with Crippen molar-refractivity contribution < 1.29 is 13.7 Å². The van der Waals surface area contributed by atoms with Gasteiger partial charge in [0, 0.05) is 26.2 Å². The number of nitrogens with zero attached hydrogens (tertiary/aromatic N) is 4. The van der Waals surface area contributed by atoms with Gasteiger partial charge in [-0.25, -0.2) is 0 Å². The molecule has 0 spiro atoms. The number of hydrogen-bond donors (Lipinski definition) is 0. The standard InChI is InChI=1S/C25H30N4O3/c1-19-7-9-20(10-8-19)25(11-2-3-12-25)24-26-22(32-27-24)18-28-13-5-14-29(16-15-28)23(30)21-6-4-17-31-21/h4,6-10,17H,2-3,5,11-16,18H2,1H3. The second kappa shape index (κ2) is 8.90. The van der Waals surface area contributed by atoms with Gasteiger partial charge in [-0.05, 0) is 43.9 Å². The van der Waals surface area contributed by atoms with E-state index < -0.39 is 0 Å². The zero-order valence-electron chi connectivity index (χ0n) is 18.6. The van der Waals surface area contributed by atoms with E-state index in [2.05, 4.69) is 41.2 Å². The molecule has 2 fully saturated rings. The van der Waals surface area contributed by atoms with Crippen LogP contribution in [0.5, 0.6) is 0 Å². The molecule has 1 aliphatic heterocycles. The Bertz CT molecular complexity index is 1040. The average molecular weight is 435 g/mol. The van der Waals surface area contributed by atoms with Crippen LogP contribution < -0.4 is 0 Å². The van der Waals surface area contributed by atoms with E-state index in [9.17, 15) is 4.79 Å². The van der Waals surface area contributed by atoms with Crippen molar-refractivity contribution in [2.24, 2.45) is 0 Å². The molecule has 1 aliphatic carbocycles. The summed E-state index contributed by atoms with van der Waals surface area (Å²) in [6, 6.07) is 12.2. The van der Waals surface area contributed by atoms with Crippen LogP contribution in [0.25, 0.3) is 0 Å². The summed E-state index contributed by atoms with van der Waals surface area (Å²) >= 11 is 0. The Balaban J connectivity index is 1.27. The fourth-order valence-electron chi connectivity index (χ4n) is 5.09. The van der Waals surface area contributed by atoms with Crippen molar-refractivity contribution in [2.45, 2.75) is 51.0 Å². The lowest BCUT2D eigenvalue weighted by Gasteiger charge is -2.26. The SMILES string of the molecule is Cc1ccc(C2(c3noc(CN4CCCN(C(=O)c5ccco5)CC4)n3)CCCC2)cc1. The zero-order valence-corrected chi connectivity index (χ0v) is 18.6. The number of aryl methyl sites for hydroxylation is 1. The molecule has 2 aromatic heterocycles. The fourth-order valence-corrected chi connectivity index (χ4v) is 5.09. The van der Waals surface area contributed by atoms with Crippen LogP contribution in [0.4, 0.5) is 0 Å². The Kier molecular flexibility index (Phi) is 5.83. The minimum absolute atomic E-state index is 0.0433. The van der Waals surface area contributed by atoms with Crippen LogP contribution in [0.3, 0.4) is 0 Å². The van der Waals surface area contributed by atoms with Gasteiger partial charge < -0.3 is 13.8 Å². The first kappa shape index (κ1) is 20.9. The van der Waals surface area contributed by atoms with Crippen molar-refractivity contribution in [3.63, 3.8) is 0 Å². The smallest absolute Gasteiger partial charge is 0.289 e. The fraction of sp³-hybridized carbons (Fsp3) is 0.480. The predicted octanol–water partition coefficient (Wildman–Crippen LogP) is 4.18. The van der Waals surface area contributed by atoms with Gasteiger partial charge in [0.25, 0.3) is 5.91 Å². The summed E-state index contributed by atoms with van der Waals surface area (Å²) in [4.78, 5) is 21.6. The first-order valence-corrected chi connectivity index (χ1v) is 11.6. The van der Waals surface area contributed by atoms with Crippen LogP contribution >= 0.6 is 0 Å². The van der Waals surface area contributed by atoms with Crippen molar-refractivity contribution in [2.75, 3.05) is 26.2 Å². The molecule has 3 aromatic rings. The molecule has 0 unspecified atom stereocenters. The number of furan rings is 1. The molecule has 0 radical (unpaired) electrons. The number of aromatic nitrogens is 2. The molecule has 1 amide bonds. The van der Waals surface area contributed by atoms with Crippen molar-refractivity contribution >= 4 is 5.91 Å². The van der Waals surface area contributed by atoms with Crippen LogP contribution in [-0.4, -0.2) is 52.0 Å². The van der Waals surface area contributed by atoms with E-state index in [1.165, 1.54) is 30.2 Å². The predicted molar refractivity (Wildman–Crippen MR) is 119 cm³/mol. The van der Waals surface area contributed by atoms with Crippen LogP contribution in [0.2, 0.25) is 0 Å². The van der Waals surface area contributed by atoms with E-state index >= 15 is 0 Å². The van der Waals surface area contributed by atoms with Gasteiger partial charge in [0.1, 0.15) is 0 Å². The van der Waals surface area contributed by atoms with Crippen molar-refractivity contribution in [3.8, 4) is 0 Å². The van der Waals surface area contributed by atoms with Gasteiger partial charge in [-0.2, -0.15) is 4.98 Å². The summed E-state index contributed by atoms with van der Waals surface area (Å²) in [6.07, 6.45) is 6.93. The Morgan fingerprint density at radius 1 is 1.03 bits per heavy atom. The molecule has 32 heavy (non-hydrogen) atoms. The van der Waals surface area contributed by atoms with E-state index in [4.69, 9.17) is 13.9 Å². The molecule has 1 aromatic carbocycles. The quantitative estimate of drug-likeness (QED) is 0.600. The minimum atomic E-state index is -0.138. The summed E-state index contributed by atoms with van der Waals surface area (Å²) in [5.41, 5.74) is 2.41. The van der Waals surface area contributed by atoms with Crippen molar-refractivity contribution in [1.82, 2.24) is 19.9 Å². The number of carbonyl (C=O) groups excluding carboxylic acids is 1. The van der Waals surface area contributed by atoms with E-state index in [1.54, 1.807) is 12.1 Å². The second-order valence-electron chi connectivity index (χ2n) is 9.07. The summed E-state index contributed by atoms with van der Waals surface area (Å²) in [7, 11) is 0. The molecule has 0 atom stereocenters. The maximum atomic E-state index is 12.6. The molecule has 2 aliphatic rings. The van der Waals surface area contributed by atoms with Gasteiger partial charge in [-0.1, -0.05) is 47.8 Å². The van der Waals surface area contributed by atoms with Gasteiger partial charge in [0.15, 0.2) is 11.6 Å². The number of hydrogen-bond acceptors (Lipinski definition) is 6. The molecule has 7 nitrogen and oxygen atoms in total. The third-order valence-corrected chi connectivity index (χ3v) is 6.92. The number of benzene rings is 1. The topological polar surface area (TPSA) is 75.6 Å². The Morgan fingerprint density at radius 2 is 1.84 bits per heavy atom. The number of rotatable bonds is 5. The van der Waals surface area contributed by atoms with Crippen LogP contribution in [0.1, 0.15) is 65.5 Å². The van der Waals surface area contributed by atoms with E-state index in [0.29, 0.717) is 24.7 Å². The largest absolute Gasteiger partial charge is 0.459 e. The number of carbonyl (C=O) groups is 1. The van der Waals surface area contributed by atoms with E-state index in [0.717, 1.165) is 44.7 Å². The molecule has 7 heteroatoms. The molecule has 5 rings (SSSR count). The average Bonchev–Trinajstić information content (AvgIpc) is 3.55. The lowest BCUT2D eigenvalue weighted by Crippen LogP contribution is -2.35. The highest BCUT2D eigenvalue weighted by Gasteiger charge is 2.41. The minimum Gasteiger partial charge on any atom is -0.459 e. The summed E-state index contributed by atoms with van der Waals surface area (Å²) in [5, 5.41) is 4.45. The Labute approximate surface area is 188 Å². The first-order chi connectivity index (χ1) is 15.6. The maximum absolute atomic E-state index is 12.6. The van der Waals surface area contributed by atoms with Crippen LogP contribution in [0.15, 0.2) is 51.6 Å². The maximum Gasteiger partial charge on any atom is 0.289 e. The normalized spacial score (nSPS) is 19.2. The Morgan fingerprint density at radius 3 is 2.59 bits per heavy atom. The molecule has 1 saturated heterocycles. The van der Waals surface area contributed by atoms with Crippen LogP contribution in [0, 0.1) is 6.92 Å². The van der Waals surface area contributed by atoms with E-state index in [-0.39, 0.29) is 11.3 Å². The lowest BCUT2D eigenvalue weighted by molar-refractivity contribution is 0.0728. The zero-order chi connectivity index (χ0) is 22.0. The Hall–Kier alpha value is -2.93. The molecule has 168 valence electrons. The van der Waals surface area contributed by atoms with Crippen molar-refractivity contribution in [1.29, 1.82) is 0 Å². The molecule has 1 saturated carbocycles. The first-order valence-electron chi connectivity index (χ1n) is 11.6. The lowest BCUT2D eigenvalue weighted by atomic mass is 9.78. The molecule has 0 N–H and O–H groups in total. The highest BCUT2D eigenvalue weighted by atomic mass is 16.5. The third-order valence-electron chi connectivity index (χ3n) is 6.92. The van der Waals surface area contributed by atoms with Gasteiger partial charge in [0.2, 0.25) is 5.89 Å². The molecule has 3 heterocycles. The summed E-state index contributed by atoms with van der Waals surface area (Å²) < 4.78 is 11.0. The van der Waals surface area contributed by atoms with Crippen molar-refractivity contribution in [3.05, 3.63) is 71.3 Å². The molecular weight excluding hydrogens is 404 g/mol. The molecular formula is C25H30N4O3. The van der Waals surface area contributed by atoms with Gasteiger partial charge in [-0.3, -0.25) is 9.69 Å². The highest BCUT2D eigenvalue weighted by Crippen LogP contribution is 2.45. The second-order valence-corrected chi connectivity index (χ2v) is 9.07. The highest BCUT2D eigenvalue weighted by molar-refractivity contribution is 5.91. The van der Waals surface area contributed by atoms with Crippen LogP contribution in [-0.2, 0) is 12.0 Å². The van der Waals surface area contributed by atoms with Gasteiger partial charge >= 0.3 is 0 Å². The van der Waals surface area contributed by atoms with Gasteiger partial charge in [-0.15, -0.1) is 0 Å². The summed E-state index contributed by atoms with van der Waals surface area (Å²) in [6.45, 7) is 5.77. The van der Waals surface area contributed by atoms with Gasteiger partial charge in [0.05, 0.1) is 18.2 Å². The number of amides is 1. The van der Waals surface area contributed by atoms with E-state index in [1.807, 2.05) is 4.90 Å². The summed E-state index contributed by atoms with van der Waals surface area (Å²) in [5.74, 6) is 1.83.